The van der Waals surface area contributed by atoms with Gasteiger partial charge in [-0.25, -0.2) is 0 Å². The molecule has 7 nitrogen and oxygen atoms in total. The SMILES string of the molecule is COc1ccc(NC(=O)c2ccc(COc3ccccc3)cc2)c([N+](=O)[O-])c1. The Labute approximate surface area is 161 Å². The molecule has 0 aliphatic rings. The van der Waals surface area contributed by atoms with Gasteiger partial charge in [-0.2, -0.15) is 0 Å². The number of carbonyl (C=O) groups excluding carboxylic acids is 1. The number of benzene rings is 3. The van der Waals surface area contributed by atoms with E-state index in [-0.39, 0.29) is 11.4 Å². The van der Waals surface area contributed by atoms with E-state index in [1.165, 1.54) is 19.2 Å². The van der Waals surface area contributed by atoms with Crippen LogP contribution in [0.3, 0.4) is 0 Å². The van der Waals surface area contributed by atoms with Crippen molar-refractivity contribution in [3.63, 3.8) is 0 Å². The first-order chi connectivity index (χ1) is 13.6. The number of carbonyl (C=O) groups is 1. The Hall–Kier alpha value is -3.87. The van der Waals surface area contributed by atoms with Crippen molar-refractivity contribution in [3.05, 3.63) is 94.0 Å². The van der Waals surface area contributed by atoms with Crippen LogP contribution in [0.15, 0.2) is 72.8 Å². The Morgan fingerprint density at radius 1 is 1.00 bits per heavy atom. The van der Waals surface area contributed by atoms with Crippen molar-refractivity contribution in [1.29, 1.82) is 0 Å². The third kappa shape index (κ3) is 4.64. The second-order valence-corrected chi connectivity index (χ2v) is 5.89. The summed E-state index contributed by atoms with van der Waals surface area (Å²) in [5.74, 6) is 0.660. The molecule has 3 rings (SSSR count). The predicted octanol–water partition coefficient (Wildman–Crippen LogP) is 4.43. The number of rotatable bonds is 7. The standard InChI is InChI=1S/C21H18N2O5/c1-27-18-11-12-19(20(13-18)23(25)26)22-21(24)16-9-7-15(8-10-16)14-28-17-5-3-2-4-6-17/h2-13H,14H2,1H3,(H,22,24). The molecule has 0 spiro atoms. The van der Waals surface area contributed by atoms with Crippen LogP contribution in [0.4, 0.5) is 11.4 Å². The molecule has 0 aromatic heterocycles. The minimum Gasteiger partial charge on any atom is -0.496 e. The van der Waals surface area contributed by atoms with Crippen LogP contribution < -0.4 is 14.8 Å². The molecule has 1 amide bonds. The number of methoxy groups -OCH3 is 1. The third-order valence-electron chi connectivity index (χ3n) is 4.01. The smallest absolute Gasteiger partial charge is 0.296 e. The maximum Gasteiger partial charge on any atom is 0.296 e. The zero-order chi connectivity index (χ0) is 19.9. The van der Waals surface area contributed by atoms with Gasteiger partial charge in [0, 0.05) is 5.56 Å². The number of para-hydroxylation sites is 1. The summed E-state index contributed by atoms with van der Waals surface area (Å²) in [4.78, 5) is 23.1. The average molecular weight is 378 g/mol. The van der Waals surface area contributed by atoms with E-state index in [0.29, 0.717) is 17.9 Å². The van der Waals surface area contributed by atoms with Gasteiger partial charge in [0.05, 0.1) is 18.1 Å². The highest BCUT2D eigenvalue weighted by atomic mass is 16.6. The third-order valence-corrected chi connectivity index (χ3v) is 4.01. The van der Waals surface area contributed by atoms with Crippen LogP contribution in [0.2, 0.25) is 0 Å². The molecule has 7 heteroatoms. The zero-order valence-corrected chi connectivity index (χ0v) is 15.1. The van der Waals surface area contributed by atoms with E-state index in [9.17, 15) is 14.9 Å². The second kappa shape index (κ2) is 8.68. The van der Waals surface area contributed by atoms with Crippen LogP contribution in [-0.2, 0) is 6.61 Å². The molecule has 28 heavy (non-hydrogen) atoms. The number of amides is 1. The highest BCUT2D eigenvalue weighted by molar-refractivity contribution is 6.05. The number of nitrogens with zero attached hydrogens (tertiary/aromatic N) is 1. The van der Waals surface area contributed by atoms with E-state index in [2.05, 4.69) is 5.32 Å². The van der Waals surface area contributed by atoms with Crippen LogP contribution in [0, 0.1) is 10.1 Å². The quantitative estimate of drug-likeness (QED) is 0.485. The summed E-state index contributed by atoms with van der Waals surface area (Å²) in [5.41, 5.74) is 1.15. The first-order valence-electron chi connectivity index (χ1n) is 8.47. The Kier molecular flexibility index (Phi) is 5.86. The summed E-state index contributed by atoms with van der Waals surface area (Å²) in [5, 5.41) is 13.8. The summed E-state index contributed by atoms with van der Waals surface area (Å²) < 4.78 is 10.7. The monoisotopic (exact) mass is 378 g/mol. The van der Waals surface area contributed by atoms with E-state index in [0.717, 1.165) is 11.3 Å². The topological polar surface area (TPSA) is 90.7 Å². The molecule has 0 bridgehead atoms. The lowest BCUT2D eigenvalue weighted by molar-refractivity contribution is -0.384. The minimum atomic E-state index is -0.567. The lowest BCUT2D eigenvalue weighted by atomic mass is 10.1. The first-order valence-corrected chi connectivity index (χ1v) is 8.47. The number of hydrogen-bond donors (Lipinski definition) is 1. The summed E-state index contributed by atoms with van der Waals surface area (Å²) in [6.45, 7) is 0.371. The van der Waals surface area contributed by atoms with Gasteiger partial charge in [-0.3, -0.25) is 14.9 Å². The van der Waals surface area contributed by atoms with Gasteiger partial charge in [0.15, 0.2) is 0 Å². The van der Waals surface area contributed by atoms with E-state index in [1.54, 1.807) is 30.3 Å². The van der Waals surface area contributed by atoms with Crippen molar-refractivity contribution in [3.8, 4) is 11.5 Å². The van der Waals surface area contributed by atoms with E-state index < -0.39 is 10.8 Å². The van der Waals surface area contributed by atoms with E-state index in [1.807, 2.05) is 30.3 Å². The zero-order valence-electron chi connectivity index (χ0n) is 15.1. The molecule has 0 aliphatic heterocycles. The Morgan fingerprint density at radius 3 is 2.36 bits per heavy atom. The van der Waals surface area contributed by atoms with Gasteiger partial charge < -0.3 is 14.8 Å². The van der Waals surface area contributed by atoms with E-state index >= 15 is 0 Å². The maximum absolute atomic E-state index is 12.4. The normalized spacial score (nSPS) is 10.2. The molecule has 0 saturated heterocycles. The lowest BCUT2D eigenvalue weighted by Crippen LogP contribution is -2.13. The Balaban J connectivity index is 1.67. The van der Waals surface area contributed by atoms with Crippen molar-refractivity contribution >= 4 is 17.3 Å². The number of ether oxygens (including phenoxy) is 2. The number of nitrogens with one attached hydrogen (secondary N) is 1. The minimum absolute atomic E-state index is 0.104. The molecule has 3 aromatic rings. The summed E-state index contributed by atoms with van der Waals surface area (Å²) in [7, 11) is 1.42. The summed E-state index contributed by atoms with van der Waals surface area (Å²) in [6, 6.07) is 20.5. The van der Waals surface area contributed by atoms with Crippen LogP contribution >= 0.6 is 0 Å². The van der Waals surface area contributed by atoms with Gasteiger partial charge in [-0.05, 0) is 42.0 Å². The summed E-state index contributed by atoms with van der Waals surface area (Å²) in [6.07, 6.45) is 0. The van der Waals surface area contributed by atoms with Crippen molar-refractivity contribution in [1.82, 2.24) is 0 Å². The van der Waals surface area contributed by atoms with Gasteiger partial charge >= 0.3 is 0 Å². The number of anilines is 1. The second-order valence-electron chi connectivity index (χ2n) is 5.89. The van der Waals surface area contributed by atoms with Crippen molar-refractivity contribution < 1.29 is 19.2 Å². The largest absolute Gasteiger partial charge is 0.496 e. The first kappa shape index (κ1) is 18.9. The highest BCUT2D eigenvalue weighted by Gasteiger charge is 2.18. The Bertz CT molecular complexity index is 972. The molecular weight excluding hydrogens is 360 g/mol. The van der Waals surface area contributed by atoms with Crippen LogP contribution in [0.5, 0.6) is 11.5 Å². The predicted molar refractivity (Wildman–Crippen MR) is 105 cm³/mol. The van der Waals surface area contributed by atoms with Gasteiger partial charge in [0.2, 0.25) is 0 Å². The van der Waals surface area contributed by atoms with Crippen molar-refractivity contribution in [2.75, 3.05) is 12.4 Å². The molecule has 0 fully saturated rings. The molecule has 0 aliphatic carbocycles. The molecule has 142 valence electrons. The number of hydrogen-bond acceptors (Lipinski definition) is 5. The van der Waals surface area contributed by atoms with Crippen LogP contribution in [0.1, 0.15) is 15.9 Å². The van der Waals surface area contributed by atoms with Crippen LogP contribution in [-0.4, -0.2) is 17.9 Å². The lowest BCUT2D eigenvalue weighted by Gasteiger charge is -2.09. The van der Waals surface area contributed by atoms with Gasteiger partial charge in [-0.1, -0.05) is 30.3 Å². The summed E-state index contributed by atoms with van der Waals surface area (Å²) >= 11 is 0. The molecule has 0 saturated carbocycles. The highest BCUT2D eigenvalue weighted by Crippen LogP contribution is 2.29. The van der Waals surface area contributed by atoms with Crippen LogP contribution in [0.25, 0.3) is 0 Å². The van der Waals surface area contributed by atoms with Gasteiger partial charge in [-0.15, -0.1) is 0 Å². The molecular formula is C21H18N2O5. The Morgan fingerprint density at radius 2 is 1.71 bits per heavy atom. The van der Waals surface area contributed by atoms with Gasteiger partial charge in [0.25, 0.3) is 11.6 Å². The maximum atomic E-state index is 12.4. The molecule has 1 N–H and O–H groups in total. The fourth-order valence-electron chi connectivity index (χ4n) is 2.53. The molecule has 3 aromatic carbocycles. The molecule has 0 heterocycles. The fourth-order valence-corrected chi connectivity index (χ4v) is 2.53. The fraction of sp³-hybridized carbons (Fsp3) is 0.0952. The average Bonchev–Trinajstić information content (AvgIpc) is 2.73. The van der Waals surface area contributed by atoms with Crippen molar-refractivity contribution in [2.45, 2.75) is 6.61 Å². The number of nitro groups is 1. The number of nitro benzene ring substituents is 1. The molecule has 0 unspecified atom stereocenters. The molecule has 0 radical (unpaired) electrons. The van der Waals surface area contributed by atoms with E-state index in [4.69, 9.17) is 9.47 Å². The van der Waals surface area contributed by atoms with Crippen molar-refractivity contribution in [2.24, 2.45) is 0 Å². The molecule has 0 atom stereocenters. The van der Waals surface area contributed by atoms with Gasteiger partial charge in [0.1, 0.15) is 23.8 Å².